The lowest BCUT2D eigenvalue weighted by Gasteiger charge is -2.24. The largest absolute Gasteiger partial charge is 0.508 e. The van der Waals surface area contributed by atoms with Crippen LogP contribution in [0.2, 0.25) is 0 Å². The molecule has 2 N–H and O–H groups in total. The quantitative estimate of drug-likeness (QED) is 0.759. The van der Waals surface area contributed by atoms with E-state index in [1.54, 1.807) is 6.07 Å². The van der Waals surface area contributed by atoms with Gasteiger partial charge in [-0.3, -0.25) is 0 Å². The van der Waals surface area contributed by atoms with Crippen molar-refractivity contribution in [2.45, 2.75) is 6.42 Å². The second-order valence-corrected chi connectivity index (χ2v) is 4.91. The van der Waals surface area contributed by atoms with Crippen molar-refractivity contribution in [2.24, 2.45) is 0 Å². The molecule has 0 aromatic heterocycles. The number of carbonyl (C=O) groups is 1. The van der Waals surface area contributed by atoms with E-state index in [0.717, 1.165) is 16.6 Å². The summed E-state index contributed by atoms with van der Waals surface area (Å²) in [5, 5.41) is 18.3. The zero-order valence-corrected chi connectivity index (χ0v) is 9.90. The van der Waals surface area contributed by atoms with Crippen LogP contribution in [-0.2, 0) is 6.42 Å². The summed E-state index contributed by atoms with van der Waals surface area (Å²) in [6.07, 6.45) is 0.686. The van der Waals surface area contributed by atoms with Gasteiger partial charge in [-0.15, -0.1) is 0 Å². The van der Waals surface area contributed by atoms with Crippen LogP contribution in [0.4, 0.5) is 0 Å². The molecule has 0 atom stereocenters. The predicted molar refractivity (Wildman–Crippen MR) is 61.7 cm³/mol. The molecule has 0 amide bonds. The fourth-order valence-electron chi connectivity index (χ4n) is 1.44. The molecule has 1 aromatic carbocycles. The Kier molecular flexibility index (Phi) is 3.55. The monoisotopic (exact) mass is 224 g/mol. The zero-order chi connectivity index (χ0) is 12.3. The molecule has 1 aromatic rings. The lowest BCUT2D eigenvalue weighted by atomic mass is 10.0. The van der Waals surface area contributed by atoms with Crippen molar-refractivity contribution < 1.29 is 19.5 Å². The number of hydrogen-bond acceptors (Lipinski definition) is 2. The minimum Gasteiger partial charge on any atom is -0.508 e. The second kappa shape index (κ2) is 4.53. The summed E-state index contributed by atoms with van der Waals surface area (Å²) in [6, 6.07) is 4.50. The Hall–Kier alpha value is -1.55. The third-order valence-electron chi connectivity index (χ3n) is 2.38. The third-order valence-corrected chi connectivity index (χ3v) is 2.38. The molecule has 0 aliphatic rings. The average Bonchev–Trinajstić information content (AvgIpc) is 2.14. The number of likely N-dealkylation sites (N-methyl/N-ethyl adjacent to an activating group) is 1. The highest BCUT2D eigenvalue weighted by Gasteiger charge is 2.14. The molecule has 0 heterocycles. The maximum atomic E-state index is 11.0. The van der Waals surface area contributed by atoms with Gasteiger partial charge in [0.15, 0.2) is 0 Å². The van der Waals surface area contributed by atoms with Crippen molar-refractivity contribution in [1.29, 1.82) is 0 Å². The minimum atomic E-state index is -0.993. The van der Waals surface area contributed by atoms with E-state index < -0.39 is 5.97 Å². The van der Waals surface area contributed by atoms with E-state index in [4.69, 9.17) is 5.11 Å². The molecule has 0 aliphatic carbocycles. The van der Waals surface area contributed by atoms with Gasteiger partial charge >= 0.3 is 5.97 Å². The molecule has 0 saturated heterocycles. The fourth-order valence-corrected chi connectivity index (χ4v) is 1.44. The van der Waals surface area contributed by atoms with E-state index in [9.17, 15) is 9.90 Å². The van der Waals surface area contributed by atoms with Gasteiger partial charge in [0, 0.05) is 6.42 Å². The lowest BCUT2D eigenvalue weighted by Crippen LogP contribution is -2.36. The number of benzene rings is 1. The Bertz CT molecular complexity index is 394. The van der Waals surface area contributed by atoms with Gasteiger partial charge in [-0.2, -0.15) is 0 Å². The van der Waals surface area contributed by atoms with Crippen molar-refractivity contribution in [1.82, 2.24) is 0 Å². The molecule has 4 nitrogen and oxygen atoms in total. The number of aromatic hydroxyl groups is 1. The van der Waals surface area contributed by atoms with Crippen LogP contribution in [0.1, 0.15) is 15.9 Å². The first-order valence-electron chi connectivity index (χ1n) is 5.15. The van der Waals surface area contributed by atoms with Gasteiger partial charge in [0.2, 0.25) is 0 Å². The first-order chi connectivity index (χ1) is 7.29. The van der Waals surface area contributed by atoms with E-state index in [1.807, 2.05) is 0 Å². The molecule has 0 unspecified atom stereocenters. The van der Waals surface area contributed by atoms with Gasteiger partial charge in [-0.05, 0) is 17.7 Å². The summed E-state index contributed by atoms with van der Waals surface area (Å²) >= 11 is 0. The smallest absolute Gasteiger partial charge is 0.336 e. The Labute approximate surface area is 95.3 Å². The first kappa shape index (κ1) is 12.5. The van der Waals surface area contributed by atoms with Crippen LogP contribution in [0.5, 0.6) is 5.75 Å². The number of hydrogen-bond donors (Lipinski definition) is 2. The minimum absolute atomic E-state index is 0.00796. The van der Waals surface area contributed by atoms with E-state index in [2.05, 4.69) is 21.1 Å². The van der Waals surface area contributed by atoms with E-state index >= 15 is 0 Å². The molecular formula is C12H18NO3+. The van der Waals surface area contributed by atoms with Gasteiger partial charge in [-0.25, -0.2) is 4.79 Å². The van der Waals surface area contributed by atoms with Gasteiger partial charge < -0.3 is 14.7 Å². The Balaban J connectivity index is 2.91. The van der Waals surface area contributed by atoms with Crippen molar-refractivity contribution in [2.75, 3.05) is 27.7 Å². The van der Waals surface area contributed by atoms with Gasteiger partial charge in [-0.1, -0.05) is 6.07 Å². The molecule has 4 heteroatoms. The van der Waals surface area contributed by atoms with E-state index in [-0.39, 0.29) is 11.3 Å². The third kappa shape index (κ3) is 3.55. The summed E-state index contributed by atoms with van der Waals surface area (Å²) in [6.45, 7) is 0.852. The molecule has 1 rings (SSSR count). The van der Waals surface area contributed by atoms with Crippen LogP contribution in [0.15, 0.2) is 18.2 Å². The van der Waals surface area contributed by atoms with Gasteiger partial charge in [0.25, 0.3) is 0 Å². The number of rotatable bonds is 4. The maximum Gasteiger partial charge on any atom is 0.336 e. The van der Waals surface area contributed by atoms with Crippen LogP contribution in [0.25, 0.3) is 0 Å². The molecule has 0 fully saturated rings. The Morgan fingerprint density at radius 1 is 1.31 bits per heavy atom. The van der Waals surface area contributed by atoms with Crippen LogP contribution < -0.4 is 0 Å². The summed E-state index contributed by atoms with van der Waals surface area (Å²) in [7, 11) is 6.17. The van der Waals surface area contributed by atoms with Crippen LogP contribution in [0.3, 0.4) is 0 Å². The first-order valence-corrected chi connectivity index (χ1v) is 5.15. The highest BCUT2D eigenvalue weighted by atomic mass is 16.4. The Morgan fingerprint density at radius 3 is 2.44 bits per heavy atom. The topological polar surface area (TPSA) is 57.5 Å². The number of phenolic OH excluding ortho intramolecular Hbond substituents is 1. The Morgan fingerprint density at radius 2 is 1.94 bits per heavy atom. The van der Waals surface area contributed by atoms with Crippen molar-refractivity contribution in [3.63, 3.8) is 0 Å². The van der Waals surface area contributed by atoms with Crippen molar-refractivity contribution >= 4 is 5.97 Å². The number of phenols is 1. The van der Waals surface area contributed by atoms with E-state index in [0.29, 0.717) is 6.42 Å². The molecule has 0 aliphatic heterocycles. The number of carboxylic acids is 1. The van der Waals surface area contributed by atoms with Crippen LogP contribution >= 0.6 is 0 Å². The standard InChI is InChI=1S/C12H17NO3/c1-13(2,3)7-6-9-4-5-10(14)8-11(9)12(15)16/h4-5,8H,6-7H2,1-3H3,(H-,14,15,16)/p+1. The molecule has 0 spiro atoms. The fraction of sp³-hybridized carbons (Fsp3) is 0.417. The van der Waals surface area contributed by atoms with Gasteiger partial charge in [0.1, 0.15) is 5.75 Å². The molecular weight excluding hydrogens is 206 g/mol. The SMILES string of the molecule is C[N+](C)(C)CCc1ccc(O)cc1C(=O)O. The maximum absolute atomic E-state index is 11.0. The second-order valence-electron chi connectivity index (χ2n) is 4.91. The summed E-state index contributed by atoms with van der Waals surface area (Å²) in [5.74, 6) is -1.00. The number of quaternary nitrogens is 1. The predicted octanol–water partition coefficient (Wildman–Crippen LogP) is 1.34. The average molecular weight is 224 g/mol. The number of aromatic carboxylic acids is 1. The zero-order valence-electron chi connectivity index (χ0n) is 9.90. The van der Waals surface area contributed by atoms with Crippen LogP contribution in [-0.4, -0.2) is 48.4 Å². The normalized spacial score (nSPS) is 11.4. The van der Waals surface area contributed by atoms with Crippen LogP contribution in [0, 0.1) is 0 Å². The van der Waals surface area contributed by atoms with Crippen molar-refractivity contribution in [3.8, 4) is 5.75 Å². The lowest BCUT2D eigenvalue weighted by molar-refractivity contribution is -0.870. The highest BCUT2D eigenvalue weighted by Crippen LogP contribution is 2.17. The molecule has 16 heavy (non-hydrogen) atoms. The summed E-state index contributed by atoms with van der Waals surface area (Å²) in [4.78, 5) is 11.0. The van der Waals surface area contributed by atoms with Gasteiger partial charge in [0.05, 0.1) is 33.3 Å². The van der Waals surface area contributed by atoms with Crippen molar-refractivity contribution in [3.05, 3.63) is 29.3 Å². The summed E-state index contributed by atoms with van der Waals surface area (Å²) in [5.41, 5.74) is 0.951. The van der Waals surface area contributed by atoms with E-state index in [1.165, 1.54) is 12.1 Å². The molecule has 0 saturated carbocycles. The summed E-state index contributed by atoms with van der Waals surface area (Å²) < 4.78 is 0.778. The molecule has 0 radical (unpaired) electrons. The number of nitrogens with zero attached hydrogens (tertiary/aromatic N) is 1. The molecule has 0 bridgehead atoms. The number of carboxylic acid groups (broad SMARTS) is 1. The molecule has 88 valence electrons. The highest BCUT2D eigenvalue weighted by molar-refractivity contribution is 5.89.